The molecule has 0 radical (unpaired) electrons. The molecule has 4 rings (SSSR count). The predicted molar refractivity (Wildman–Crippen MR) is 116 cm³/mol. The summed E-state index contributed by atoms with van der Waals surface area (Å²) in [5, 5.41) is 13.1. The van der Waals surface area contributed by atoms with E-state index in [0.717, 1.165) is 36.5 Å². The van der Waals surface area contributed by atoms with Crippen LogP contribution in [0.5, 0.6) is 0 Å². The quantitative estimate of drug-likeness (QED) is 0.589. The number of imidazole rings is 1. The number of anilines is 1. The molecule has 30 heavy (non-hydrogen) atoms. The minimum absolute atomic E-state index is 0.0128. The number of aliphatic hydroxyl groups is 1. The molecule has 0 amide bonds. The van der Waals surface area contributed by atoms with Crippen LogP contribution >= 0.6 is 0 Å². The smallest absolute Gasteiger partial charge is 0.167 e. The summed E-state index contributed by atoms with van der Waals surface area (Å²) in [5.41, 5.74) is 2.79. The van der Waals surface area contributed by atoms with Crippen molar-refractivity contribution in [1.29, 1.82) is 0 Å². The largest absolute Gasteiger partial charge is 0.394 e. The number of rotatable bonds is 8. The summed E-state index contributed by atoms with van der Waals surface area (Å²) >= 11 is 0. The molecule has 1 fully saturated rings. The summed E-state index contributed by atoms with van der Waals surface area (Å²) in [6.07, 6.45) is 3.78. The van der Waals surface area contributed by atoms with Gasteiger partial charge in [0.05, 0.1) is 19.0 Å². The van der Waals surface area contributed by atoms with Gasteiger partial charge in [-0.15, -0.1) is 0 Å². The zero-order valence-electron chi connectivity index (χ0n) is 17.6. The number of aromatic nitrogens is 4. The number of hydrogen-bond donors (Lipinski definition) is 2. The predicted octanol–water partition coefficient (Wildman–Crippen LogP) is 2.33. The molecule has 1 aromatic carbocycles. The van der Waals surface area contributed by atoms with E-state index in [1.807, 2.05) is 10.6 Å². The van der Waals surface area contributed by atoms with Crippen molar-refractivity contribution < 1.29 is 9.84 Å². The lowest BCUT2D eigenvalue weighted by Crippen LogP contribution is -2.47. The summed E-state index contributed by atoms with van der Waals surface area (Å²) in [5.74, 6) is 1.24. The summed E-state index contributed by atoms with van der Waals surface area (Å²) in [6.45, 7) is 7.44. The number of fused-ring (bicyclic) bond motifs is 1. The highest BCUT2D eigenvalue weighted by molar-refractivity contribution is 5.82. The van der Waals surface area contributed by atoms with Gasteiger partial charge in [0, 0.05) is 26.2 Å². The van der Waals surface area contributed by atoms with Gasteiger partial charge in [-0.1, -0.05) is 44.2 Å². The minimum Gasteiger partial charge on any atom is -0.394 e. The fourth-order valence-electron chi connectivity index (χ4n) is 3.75. The van der Waals surface area contributed by atoms with E-state index in [0.29, 0.717) is 19.0 Å². The molecule has 0 spiro atoms. The van der Waals surface area contributed by atoms with E-state index in [1.54, 1.807) is 12.7 Å². The Kier molecular flexibility index (Phi) is 6.56. The molecule has 2 atom stereocenters. The maximum absolute atomic E-state index is 9.78. The van der Waals surface area contributed by atoms with Crippen molar-refractivity contribution in [1.82, 2.24) is 24.4 Å². The zero-order chi connectivity index (χ0) is 20.9. The van der Waals surface area contributed by atoms with Crippen LogP contribution in [0.1, 0.15) is 25.6 Å². The summed E-state index contributed by atoms with van der Waals surface area (Å²) in [6, 6.07) is 10.5. The molecule has 1 saturated heterocycles. The van der Waals surface area contributed by atoms with Crippen molar-refractivity contribution in [3.8, 4) is 0 Å². The highest BCUT2D eigenvalue weighted by Gasteiger charge is 2.29. The average molecular weight is 411 g/mol. The maximum Gasteiger partial charge on any atom is 0.167 e. The van der Waals surface area contributed by atoms with E-state index in [1.165, 1.54) is 5.56 Å². The van der Waals surface area contributed by atoms with Crippen molar-refractivity contribution in [2.45, 2.75) is 32.6 Å². The molecule has 2 N–H and O–H groups in total. The van der Waals surface area contributed by atoms with Crippen LogP contribution in [-0.4, -0.2) is 68.4 Å². The number of nitrogens with zero attached hydrogens (tertiary/aromatic N) is 5. The molecular weight excluding hydrogens is 380 g/mol. The zero-order valence-corrected chi connectivity index (χ0v) is 17.6. The van der Waals surface area contributed by atoms with Crippen LogP contribution in [0.25, 0.3) is 11.2 Å². The molecule has 1 aliphatic rings. The van der Waals surface area contributed by atoms with Gasteiger partial charge in [0.25, 0.3) is 0 Å². The first-order chi connectivity index (χ1) is 14.6. The Morgan fingerprint density at radius 2 is 2.00 bits per heavy atom. The lowest BCUT2D eigenvalue weighted by molar-refractivity contribution is -0.133. The molecule has 0 unspecified atom stereocenters. The molecule has 3 aromatic rings. The Labute approximate surface area is 176 Å². The highest BCUT2D eigenvalue weighted by Crippen LogP contribution is 2.26. The third-order valence-electron chi connectivity index (χ3n) is 5.34. The third-order valence-corrected chi connectivity index (χ3v) is 5.34. The number of hydrogen-bond acceptors (Lipinski definition) is 7. The Morgan fingerprint density at radius 1 is 1.17 bits per heavy atom. The monoisotopic (exact) mass is 410 g/mol. The number of benzene rings is 1. The maximum atomic E-state index is 9.78. The van der Waals surface area contributed by atoms with Gasteiger partial charge in [-0.2, -0.15) is 0 Å². The van der Waals surface area contributed by atoms with E-state index in [-0.39, 0.29) is 18.9 Å². The van der Waals surface area contributed by atoms with Crippen molar-refractivity contribution in [2.75, 3.05) is 38.1 Å². The van der Waals surface area contributed by atoms with Gasteiger partial charge >= 0.3 is 0 Å². The summed E-state index contributed by atoms with van der Waals surface area (Å²) < 4.78 is 8.11. The summed E-state index contributed by atoms with van der Waals surface area (Å²) in [4.78, 5) is 15.7. The molecule has 2 aromatic heterocycles. The van der Waals surface area contributed by atoms with Crippen molar-refractivity contribution in [3.05, 3.63) is 48.5 Å². The fourth-order valence-corrected chi connectivity index (χ4v) is 3.75. The molecule has 8 heteroatoms. The lowest BCUT2D eigenvalue weighted by atomic mass is 10.1. The van der Waals surface area contributed by atoms with E-state index >= 15 is 0 Å². The molecule has 160 valence electrons. The Morgan fingerprint density at radius 3 is 2.77 bits per heavy atom. The second-order valence-electron chi connectivity index (χ2n) is 8.21. The number of nitrogens with one attached hydrogen (secondary N) is 1. The molecule has 0 saturated carbocycles. The van der Waals surface area contributed by atoms with Gasteiger partial charge in [0.15, 0.2) is 17.0 Å². The van der Waals surface area contributed by atoms with Crippen LogP contribution in [0.2, 0.25) is 0 Å². The average Bonchev–Trinajstić information content (AvgIpc) is 3.21. The van der Waals surface area contributed by atoms with Crippen molar-refractivity contribution >= 4 is 17.0 Å². The molecule has 3 heterocycles. The second-order valence-corrected chi connectivity index (χ2v) is 8.21. The number of aliphatic hydroxyl groups excluding tert-OH is 1. The molecule has 1 aliphatic heterocycles. The molecule has 8 nitrogen and oxygen atoms in total. The van der Waals surface area contributed by atoms with Gasteiger partial charge in [-0.3, -0.25) is 9.47 Å². The van der Waals surface area contributed by atoms with Crippen LogP contribution in [0.4, 0.5) is 5.82 Å². The van der Waals surface area contributed by atoms with Gasteiger partial charge < -0.3 is 15.2 Å². The van der Waals surface area contributed by atoms with E-state index < -0.39 is 0 Å². The number of ether oxygens (including phenoxy) is 1. The minimum atomic E-state index is -0.260. The Balaban J connectivity index is 1.51. The first-order valence-electron chi connectivity index (χ1n) is 10.6. The first-order valence-corrected chi connectivity index (χ1v) is 10.6. The normalized spacial score (nSPS) is 20.1. The van der Waals surface area contributed by atoms with Crippen molar-refractivity contribution in [2.24, 2.45) is 5.92 Å². The van der Waals surface area contributed by atoms with E-state index in [9.17, 15) is 5.11 Å². The van der Waals surface area contributed by atoms with Crippen LogP contribution in [0, 0.1) is 5.92 Å². The second kappa shape index (κ2) is 9.51. The summed E-state index contributed by atoms with van der Waals surface area (Å²) in [7, 11) is 0. The highest BCUT2D eigenvalue weighted by atomic mass is 16.5. The topological polar surface area (TPSA) is 88.3 Å². The van der Waals surface area contributed by atoms with Gasteiger partial charge in [0.2, 0.25) is 0 Å². The fraction of sp³-hybridized carbons (Fsp3) is 0.500. The van der Waals surface area contributed by atoms with Gasteiger partial charge in [-0.25, -0.2) is 15.0 Å². The SMILES string of the molecule is CC(C)CNc1ncnc2c1ncn2[C@H]1CN(CCc2ccccc2)C[C@@H](CO)O1. The van der Waals surface area contributed by atoms with Crippen LogP contribution < -0.4 is 5.32 Å². The van der Waals surface area contributed by atoms with Gasteiger partial charge in [-0.05, 0) is 17.9 Å². The number of morpholine rings is 1. The Bertz CT molecular complexity index is 945. The Hall–Kier alpha value is -2.55. The van der Waals surface area contributed by atoms with E-state index in [2.05, 4.69) is 63.3 Å². The standard InChI is InChI=1S/C22H30N6O2/c1-16(2)10-23-21-20-22(25-14-24-21)28(15-26-20)19-12-27(11-18(13-29)30-19)9-8-17-6-4-3-5-7-17/h3-7,14-16,18-19,29H,8-13H2,1-2H3,(H,23,24,25)/t18-,19+/m0/s1. The first kappa shape index (κ1) is 20.7. The third kappa shape index (κ3) is 4.77. The van der Waals surface area contributed by atoms with Crippen LogP contribution in [-0.2, 0) is 11.2 Å². The molecule has 0 aliphatic carbocycles. The van der Waals surface area contributed by atoms with Gasteiger partial charge in [0.1, 0.15) is 12.6 Å². The van der Waals surface area contributed by atoms with Crippen LogP contribution in [0.15, 0.2) is 43.0 Å². The lowest BCUT2D eigenvalue weighted by Gasteiger charge is -2.37. The van der Waals surface area contributed by atoms with Crippen molar-refractivity contribution in [3.63, 3.8) is 0 Å². The van der Waals surface area contributed by atoms with E-state index in [4.69, 9.17) is 4.74 Å². The van der Waals surface area contributed by atoms with Crippen LogP contribution in [0.3, 0.4) is 0 Å². The molecular formula is C22H30N6O2. The molecule has 0 bridgehead atoms.